The molecule has 0 aliphatic carbocycles. The number of phosphoric ester groups is 1. The van der Waals surface area contributed by atoms with Crippen molar-refractivity contribution in [1.82, 2.24) is 4.90 Å². The number of rotatable bonds is 3. The molecular weight excluding hydrogens is 335 g/mol. The quantitative estimate of drug-likeness (QED) is 0.766. The maximum absolute atomic E-state index is 12.6. The highest BCUT2D eigenvalue weighted by atomic mass is 31.2. The molecule has 2 N–H and O–H groups in total. The van der Waals surface area contributed by atoms with E-state index in [1.807, 2.05) is 0 Å². The fraction of sp³-hybridized carbons (Fsp3) is 0.667. The van der Waals surface area contributed by atoms with Crippen LogP contribution in [-0.2, 0) is 27.7 Å². The molecule has 0 unspecified atom stereocenters. The van der Waals surface area contributed by atoms with Gasteiger partial charge in [0.2, 0.25) is 5.91 Å². The van der Waals surface area contributed by atoms with Crippen LogP contribution in [0.4, 0.5) is 0 Å². The van der Waals surface area contributed by atoms with Crippen LogP contribution in [0.3, 0.4) is 0 Å². The average molecular weight is 358 g/mol. The SMILES string of the molecule is C=C1C=CN([C@@H]2O[C@@H]3CO[P@](=O)(OC(C)C)O[C@H]3[C@@]2(C)N)C(=O)C1. The van der Waals surface area contributed by atoms with Crippen molar-refractivity contribution in [3.05, 3.63) is 24.4 Å². The Hall–Kier alpha value is -1.02. The number of amides is 1. The zero-order valence-corrected chi connectivity index (χ0v) is 14.9. The lowest BCUT2D eigenvalue weighted by atomic mass is 9.92. The minimum Gasteiger partial charge on any atom is -0.347 e. The predicted molar refractivity (Wildman–Crippen MR) is 85.6 cm³/mol. The number of allylic oxidation sites excluding steroid dienone is 1. The number of hydrogen-bond acceptors (Lipinski definition) is 7. The van der Waals surface area contributed by atoms with Crippen molar-refractivity contribution in [2.45, 2.75) is 57.3 Å². The molecule has 0 aromatic carbocycles. The molecule has 3 heterocycles. The van der Waals surface area contributed by atoms with Gasteiger partial charge in [0, 0.05) is 6.20 Å². The van der Waals surface area contributed by atoms with Gasteiger partial charge in [-0.05, 0) is 32.4 Å². The first-order valence-electron chi connectivity index (χ1n) is 7.85. The summed E-state index contributed by atoms with van der Waals surface area (Å²) in [7, 11) is -3.71. The first-order chi connectivity index (χ1) is 11.1. The number of hydrogen-bond donors (Lipinski definition) is 1. The second-order valence-electron chi connectivity index (χ2n) is 6.77. The summed E-state index contributed by atoms with van der Waals surface area (Å²) < 4.78 is 34.6. The summed E-state index contributed by atoms with van der Waals surface area (Å²) in [5.74, 6) is -0.162. The Morgan fingerprint density at radius 3 is 2.88 bits per heavy atom. The van der Waals surface area contributed by atoms with Crippen LogP contribution >= 0.6 is 7.82 Å². The van der Waals surface area contributed by atoms with Crippen molar-refractivity contribution in [1.29, 1.82) is 0 Å². The Morgan fingerprint density at radius 1 is 1.54 bits per heavy atom. The lowest BCUT2D eigenvalue weighted by molar-refractivity contribution is -0.143. The van der Waals surface area contributed by atoms with Crippen molar-refractivity contribution in [2.75, 3.05) is 6.61 Å². The standard InChI is InChI=1S/C15H23N2O6P/c1-9(2)22-24(19)20-8-11-13(23-24)15(4,16)14(21-11)17-6-5-10(3)7-12(17)18/h5-6,9,11,13-14H,3,7-8,16H2,1-2,4H3/t11-,13-,14-,15-,24-/m1/s1. The van der Waals surface area contributed by atoms with E-state index in [-0.39, 0.29) is 25.0 Å². The van der Waals surface area contributed by atoms with Crippen LogP contribution in [0, 0.1) is 0 Å². The second kappa shape index (κ2) is 6.05. The van der Waals surface area contributed by atoms with E-state index < -0.39 is 31.8 Å². The van der Waals surface area contributed by atoms with Gasteiger partial charge >= 0.3 is 7.82 Å². The third-order valence-corrected chi connectivity index (χ3v) is 5.79. The van der Waals surface area contributed by atoms with E-state index in [0.717, 1.165) is 5.57 Å². The summed E-state index contributed by atoms with van der Waals surface area (Å²) in [4.78, 5) is 13.7. The van der Waals surface area contributed by atoms with E-state index >= 15 is 0 Å². The molecule has 2 saturated heterocycles. The van der Waals surface area contributed by atoms with E-state index in [2.05, 4.69) is 6.58 Å². The molecule has 5 atom stereocenters. The van der Waals surface area contributed by atoms with E-state index in [4.69, 9.17) is 24.0 Å². The number of nitrogens with zero attached hydrogens (tertiary/aromatic N) is 1. The van der Waals surface area contributed by atoms with Gasteiger partial charge < -0.3 is 10.5 Å². The van der Waals surface area contributed by atoms with Gasteiger partial charge in [-0.2, -0.15) is 0 Å². The monoisotopic (exact) mass is 358 g/mol. The Morgan fingerprint density at radius 2 is 2.25 bits per heavy atom. The molecule has 3 aliphatic rings. The average Bonchev–Trinajstić information content (AvgIpc) is 2.69. The molecule has 0 bridgehead atoms. The van der Waals surface area contributed by atoms with Crippen LogP contribution in [0.5, 0.6) is 0 Å². The number of carbonyl (C=O) groups excluding carboxylic acids is 1. The smallest absolute Gasteiger partial charge is 0.347 e. The lowest BCUT2D eigenvalue weighted by Crippen LogP contribution is -2.60. The Labute approximate surface area is 141 Å². The van der Waals surface area contributed by atoms with Crippen LogP contribution in [0.25, 0.3) is 0 Å². The summed E-state index contributed by atoms with van der Waals surface area (Å²) in [6.45, 7) is 8.98. The molecule has 8 nitrogen and oxygen atoms in total. The van der Waals surface area contributed by atoms with Gasteiger partial charge in [-0.1, -0.05) is 6.58 Å². The van der Waals surface area contributed by atoms with Crippen molar-refractivity contribution < 1.29 is 27.7 Å². The molecule has 24 heavy (non-hydrogen) atoms. The van der Waals surface area contributed by atoms with Crippen molar-refractivity contribution >= 4 is 13.7 Å². The lowest BCUT2D eigenvalue weighted by Gasteiger charge is -2.38. The van der Waals surface area contributed by atoms with E-state index in [1.54, 1.807) is 33.0 Å². The summed E-state index contributed by atoms with van der Waals surface area (Å²) >= 11 is 0. The fourth-order valence-electron chi connectivity index (χ4n) is 3.07. The largest absolute Gasteiger partial charge is 0.475 e. The van der Waals surface area contributed by atoms with E-state index in [0.29, 0.717) is 0 Å². The molecule has 0 spiro atoms. The molecule has 0 saturated carbocycles. The number of ether oxygens (including phenoxy) is 1. The highest BCUT2D eigenvalue weighted by molar-refractivity contribution is 7.48. The third kappa shape index (κ3) is 3.10. The topological polar surface area (TPSA) is 100 Å². The maximum atomic E-state index is 12.6. The zero-order chi connectivity index (χ0) is 17.7. The summed E-state index contributed by atoms with van der Waals surface area (Å²) in [5, 5.41) is 0. The van der Waals surface area contributed by atoms with Crippen LogP contribution in [-0.4, -0.2) is 47.5 Å². The predicted octanol–water partition coefficient (Wildman–Crippen LogP) is 1.68. The molecule has 0 aromatic heterocycles. The van der Waals surface area contributed by atoms with Gasteiger partial charge in [-0.15, -0.1) is 0 Å². The molecule has 2 fully saturated rings. The molecule has 3 aliphatic heterocycles. The van der Waals surface area contributed by atoms with Crippen LogP contribution in [0.1, 0.15) is 27.2 Å². The molecule has 1 amide bonds. The first-order valence-corrected chi connectivity index (χ1v) is 9.31. The summed E-state index contributed by atoms with van der Waals surface area (Å²) in [6.07, 6.45) is 1.22. The Kier molecular flexibility index (Phi) is 4.49. The molecule has 9 heteroatoms. The molecule has 0 radical (unpaired) electrons. The first kappa shape index (κ1) is 17.8. The minimum absolute atomic E-state index is 0.0242. The maximum Gasteiger partial charge on any atom is 0.475 e. The van der Waals surface area contributed by atoms with Gasteiger partial charge in [-0.3, -0.25) is 23.3 Å². The summed E-state index contributed by atoms with van der Waals surface area (Å²) in [5.41, 5.74) is 6.07. The van der Waals surface area contributed by atoms with Crippen molar-refractivity contribution in [2.24, 2.45) is 5.73 Å². The van der Waals surface area contributed by atoms with E-state index in [1.165, 1.54) is 4.90 Å². The van der Waals surface area contributed by atoms with E-state index in [9.17, 15) is 9.36 Å². The second-order valence-corrected chi connectivity index (χ2v) is 8.34. The molecule has 0 aromatic rings. The van der Waals surface area contributed by atoms with Crippen molar-refractivity contribution in [3.8, 4) is 0 Å². The minimum atomic E-state index is -3.71. The number of phosphoric acid groups is 1. The van der Waals surface area contributed by atoms with Crippen molar-refractivity contribution in [3.63, 3.8) is 0 Å². The summed E-state index contributed by atoms with van der Waals surface area (Å²) in [6, 6.07) is 0. The molecular formula is C15H23N2O6P. The van der Waals surface area contributed by atoms with Gasteiger partial charge in [0.25, 0.3) is 0 Å². The number of fused-ring (bicyclic) bond motifs is 1. The molecule has 3 rings (SSSR count). The highest BCUT2D eigenvalue weighted by Gasteiger charge is 2.60. The highest BCUT2D eigenvalue weighted by Crippen LogP contribution is 2.58. The van der Waals surface area contributed by atoms with Crippen LogP contribution in [0.2, 0.25) is 0 Å². The molecule has 134 valence electrons. The fourth-order valence-corrected chi connectivity index (χ4v) is 4.73. The number of nitrogens with two attached hydrogens (primary N) is 1. The third-order valence-electron chi connectivity index (χ3n) is 4.16. The Bertz CT molecular complexity index is 631. The number of carbonyl (C=O) groups is 1. The van der Waals surface area contributed by atoms with Gasteiger partial charge in [-0.25, -0.2) is 4.57 Å². The zero-order valence-electron chi connectivity index (χ0n) is 14.0. The van der Waals surface area contributed by atoms with Gasteiger partial charge in [0.1, 0.15) is 12.2 Å². The van der Waals surface area contributed by atoms with Gasteiger partial charge in [0.05, 0.1) is 24.7 Å². The normalized spacial score (nSPS) is 42.7. The van der Waals surface area contributed by atoms with Gasteiger partial charge in [0.15, 0.2) is 6.23 Å². The Balaban J connectivity index is 1.83. The van der Waals surface area contributed by atoms with Crippen LogP contribution < -0.4 is 5.73 Å². The van der Waals surface area contributed by atoms with Crippen LogP contribution in [0.15, 0.2) is 24.4 Å².